The lowest BCUT2D eigenvalue weighted by Gasteiger charge is -2.37. The lowest BCUT2D eigenvalue weighted by atomic mass is 10.0. The van der Waals surface area contributed by atoms with Crippen molar-refractivity contribution in [2.24, 2.45) is 0 Å². The van der Waals surface area contributed by atoms with Gasteiger partial charge in [-0.1, -0.05) is 65.9 Å². The second kappa shape index (κ2) is 11.1. The average molecular weight is 493 g/mol. The first-order chi connectivity index (χ1) is 18.1. The highest BCUT2D eigenvalue weighted by atomic mass is 16.5. The number of carbonyl (C=O) groups excluding carboxylic acids is 1. The summed E-state index contributed by atoms with van der Waals surface area (Å²) in [6.07, 6.45) is 1.71. The molecule has 4 aromatic rings. The average Bonchev–Trinajstić information content (AvgIpc) is 3.37. The normalized spacial score (nSPS) is 14.2. The molecule has 1 amide bonds. The van der Waals surface area contributed by atoms with Crippen LogP contribution in [0.15, 0.2) is 84.9 Å². The zero-order valence-corrected chi connectivity index (χ0v) is 20.7. The molecule has 1 aliphatic rings. The number of benzene rings is 3. The van der Waals surface area contributed by atoms with E-state index in [9.17, 15) is 10.1 Å². The van der Waals surface area contributed by atoms with E-state index in [0.717, 1.165) is 36.2 Å². The van der Waals surface area contributed by atoms with Gasteiger partial charge in [0.1, 0.15) is 23.3 Å². The van der Waals surface area contributed by atoms with Gasteiger partial charge >= 0.3 is 6.03 Å². The molecule has 5 rings (SSSR count). The summed E-state index contributed by atoms with van der Waals surface area (Å²) < 4.78 is 7.21. The largest absolute Gasteiger partial charge is 0.457 e. The SMILES string of the molecule is CN1CCC(N(Cc2ccccc2)C(=O)n2nnc(-c3ccccc3Oc3ccccc3)c2C#N)CC1. The number of para-hydroxylation sites is 2. The van der Waals surface area contributed by atoms with Gasteiger partial charge in [0.2, 0.25) is 0 Å². The predicted molar refractivity (Wildman–Crippen MR) is 140 cm³/mol. The molecule has 0 spiro atoms. The first-order valence-electron chi connectivity index (χ1n) is 12.4. The minimum absolute atomic E-state index is 0.0387. The van der Waals surface area contributed by atoms with Gasteiger partial charge in [-0.3, -0.25) is 0 Å². The fourth-order valence-electron chi connectivity index (χ4n) is 4.63. The molecule has 0 atom stereocenters. The Kier molecular flexibility index (Phi) is 7.24. The summed E-state index contributed by atoms with van der Waals surface area (Å²) in [4.78, 5) is 18.0. The Balaban J connectivity index is 1.49. The van der Waals surface area contributed by atoms with Crippen molar-refractivity contribution in [2.45, 2.75) is 25.4 Å². The summed E-state index contributed by atoms with van der Waals surface area (Å²) in [6.45, 7) is 2.24. The molecule has 1 saturated heterocycles. The number of carbonyl (C=O) groups is 1. The molecule has 0 N–H and O–H groups in total. The van der Waals surface area contributed by atoms with E-state index in [-0.39, 0.29) is 17.8 Å². The van der Waals surface area contributed by atoms with E-state index in [2.05, 4.69) is 28.3 Å². The molecule has 0 bridgehead atoms. The molecule has 37 heavy (non-hydrogen) atoms. The molecule has 3 aromatic carbocycles. The maximum atomic E-state index is 13.9. The van der Waals surface area contributed by atoms with Crippen molar-refractivity contribution in [2.75, 3.05) is 20.1 Å². The number of ether oxygens (including phenoxy) is 1. The highest BCUT2D eigenvalue weighted by molar-refractivity contribution is 5.81. The molecule has 0 radical (unpaired) electrons. The van der Waals surface area contributed by atoms with E-state index < -0.39 is 0 Å². The van der Waals surface area contributed by atoms with Gasteiger partial charge in [0.25, 0.3) is 0 Å². The molecule has 0 unspecified atom stereocenters. The fraction of sp³-hybridized carbons (Fsp3) is 0.241. The summed E-state index contributed by atoms with van der Waals surface area (Å²) >= 11 is 0. The Morgan fingerprint density at radius 2 is 1.65 bits per heavy atom. The van der Waals surface area contributed by atoms with Crippen LogP contribution in [0.25, 0.3) is 11.3 Å². The zero-order chi connectivity index (χ0) is 25.6. The highest BCUT2D eigenvalue weighted by Crippen LogP contribution is 2.34. The molecule has 8 heteroatoms. The van der Waals surface area contributed by atoms with E-state index in [1.54, 1.807) is 0 Å². The molecule has 2 heterocycles. The van der Waals surface area contributed by atoms with Gasteiger partial charge in [0.15, 0.2) is 5.69 Å². The van der Waals surface area contributed by atoms with Gasteiger partial charge in [-0.15, -0.1) is 5.10 Å². The van der Waals surface area contributed by atoms with Crippen LogP contribution in [0.5, 0.6) is 11.5 Å². The monoisotopic (exact) mass is 492 g/mol. The van der Waals surface area contributed by atoms with Crippen molar-refractivity contribution >= 4 is 6.03 Å². The molecule has 0 saturated carbocycles. The quantitative estimate of drug-likeness (QED) is 0.369. The maximum absolute atomic E-state index is 13.9. The molecule has 0 aliphatic carbocycles. The van der Waals surface area contributed by atoms with Crippen molar-refractivity contribution in [3.63, 3.8) is 0 Å². The Hall–Kier alpha value is -4.48. The van der Waals surface area contributed by atoms with Gasteiger partial charge in [-0.05, 0) is 62.8 Å². The van der Waals surface area contributed by atoms with Gasteiger partial charge in [-0.2, -0.15) is 9.94 Å². The molecule has 1 fully saturated rings. The van der Waals surface area contributed by atoms with Gasteiger partial charge < -0.3 is 14.5 Å². The first kappa shape index (κ1) is 24.2. The van der Waals surface area contributed by atoms with E-state index in [1.165, 1.54) is 0 Å². The topological polar surface area (TPSA) is 87.3 Å². The predicted octanol–water partition coefficient (Wildman–Crippen LogP) is 5.17. The minimum Gasteiger partial charge on any atom is -0.457 e. The molecule has 1 aromatic heterocycles. The minimum atomic E-state index is -0.352. The number of nitrogens with zero attached hydrogens (tertiary/aromatic N) is 6. The number of hydrogen-bond acceptors (Lipinski definition) is 6. The fourth-order valence-corrected chi connectivity index (χ4v) is 4.63. The van der Waals surface area contributed by atoms with Crippen LogP contribution in [0, 0.1) is 11.3 Å². The van der Waals surface area contributed by atoms with Crippen molar-refractivity contribution in [1.29, 1.82) is 5.26 Å². The second-order valence-electron chi connectivity index (χ2n) is 9.15. The Morgan fingerprint density at radius 1 is 1.00 bits per heavy atom. The first-order valence-corrected chi connectivity index (χ1v) is 12.4. The number of aromatic nitrogens is 3. The van der Waals surface area contributed by atoms with Crippen molar-refractivity contribution in [3.05, 3.63) is 96.2 Å². The van der Waals surface area contributed by atoms with Crippen LogP contribution in [-0.2, 0) is 6.54 Å². The zero-order valence-electron chi connectivity index (χ0n) is 20.7. The Bertz CT molecular complexity index is 1390. The number of hydrogen-bond donors (Lipinski definition) is 0. The summed E-state index contributed by atoms with van der Waals surface area (Å²) in [5.74, 6) is 1.19. The number of rotatable bonds is 6. The Morgan fingerprint density at radius 3 is 2.35 bits per heavy atom. The van der Waals surface area contributed by atoms with Crippen LogP contribution < -0.4 is 4.74 Å². The summed E-state index contributed by atoms with van der Waals surface area (Å²) in [5, 5.41) is 18.6. The molecule has 186 valence electrons. The van der Waals surface area contributed by atoms with Crippen LogP contribution in [0.3, 0.4) is 0 Å². The van der Waals surface area contributed by atoms with Crippen LogP contribution in [0.2, 0.25) is 0 Å². The lowest BCUT2D eigenvalue weighted by Crippen LogP contribution is -2.48. The van der Waals surface area contributed by atoms with Gasteiger partial charge in [0, 0.05) is 18.2 Å². The summed E-state index contributed by atoms with van der Waals surface area (Å²) in [5.41, 5.74) is 2.01. The van der Waals surface area contributed by atoms with E-state index in [1.807, 2.05) is 89.8 Å². The number of amides is 1. The van der Waals surface area contributed by atoms with Gasteiger partial charge in [0.05, 0.1) is 0 Å². The van der Waals surface area contributed by atoms with Gasteiger partial charge in [-0.25, -0.2) is 4.79 Å². The molecule has 8 nitrogen and oxygen atoms in total. The third kappa shape index (κ3) is 5.37. The number of piperidine rings is 1. The summed E-state index contributed by atoms with van der Waals surface area (Å²) in [7, 11) is 2.09. The van der Waals surface area contributed by atoms with E-state index in [4.69, 9.17) is 4.74 Å². The molecular formula is C29H28N6O2. The van der Waals surface area contributed by atoms with Crippen molar-refractivity contribution in [3.8, 4) is 28.8 Å². The summed E-state index contributed by atoms with van der Waals surface area (Å²) in [6, 6.07) is 28.5. The lowest BCUT2D eigenvalue weighted by molar-refractivity contribution is 0.126. The van der Waals surface area contributed by atoms with E-state index in [0.29, 0.717) is 29.3 Å². The van der Waals surface area contributed by atoms with E-state index >= 15 is 0 Å². The number of likely N-dealkylation sites (tertiary alicyclic amines) is 1. The van der Waals surface area contributed by atoms with Crippen LogP contribution in [0.1, 0.15) is 24.1 Å². The number of nitriles is 1. The third-order valence-corrected chi connectivity index (χ3v) is 6.64. The van der Waals surface area contributed by atoms with Crippen LogP contribution >= 0.6 is 0 Å². The van der Waals surface area contributed by atoms with Crippen molar-refractivity contribution < 1.29 is 9.53 Å². The maximum Gasteiger partial charge on any atom is 0.347 e. The van der Waals surface area contributed by atoms with Crippen molar-refractivity contribution in [1.82, 2.24) is 24.8 Å². The van der Waals surface area contributed by atoms with Crippen LogP contribution in [0.4, 0.5) is 4.79 Å². The Labute approximate surface area is 216 Å². The standard InChI is InChI=1S/C29H28N6O2/c1-33-18-16-23(17-19-33)34(21-22-10-4-2-5-11-22)29(36)35-26(20-30)28(31-32-35)25-14-8-9-15-27(25)37-24-12-6-3-7-13-24/h2-15,23H,16-19,21H2,1H3. The van der Waals surface area contributed by atoms with Crippen LogP contribution in [-0.4, -0.2) is 57.0 Å². The second-order valence-corrected chi connectivity index (χ2v) is 9.15. The smallest absolute Gasteiger partial charge is 0.347 e. The molecule has 1 aliphatic heterocycles. The molecular weight excluding hydrogens is 464 g/mol. The highest BCUT2D eigenvalue weighted by Gasteiger charge is 2.31. The third-order valence-electron chi connectivity index (χ3n) is 6.64.